The third-order valence-corrected chi connectivity index (χ3v) is 2.67. The highest BCUT2D eigenvalue weighted by atomic mass is 16.4. The lowest BCUT2D eigenvalue weighted by Crippen LogP contribution is -2.42. The van der Waals surface area contributed by atoms with E-state index in [1.165, 1.54) is 0 Å². The average molecular weight is 245 g/mol. The van der Waals surface area contributed by atoms with Crippen LogP contribution in [0.1, 0.15) is 25.7 Å². The van der Waals surface area contributed by atoms with Gasteiger partial charge in [-0.1, -0.05) is 0 Å². The lowest BCUT2D eigenvalue weighted by atomic mass is 10.1. The summed E-state index contributed by atoms with van der Waals surface area (Å²) in [6.45, 7) is 0.00285. The van der Waals surface area contributed by atoms with E-state index in [4.69, 9.17) is 10.2 Å². The third-order valence-electron chi connectivity index (χ3n) is 2.67. The molecule has 0 radical (unpaired) electrons. The number of hydrogen-bond donors (Lipinski definition) is 3. The van der Waals surface area contributed by atoms with Gasteiger partial charge in [0.05, 0.1) is 12.5 Å². The van der Waals surface area contributed by atoms with Gasteiger partial charge in [0.25, 0.3) is 0 Å². The number of rotatable bonds is 6. The SMILES string of the molecule is O=C(O)CCCC(C(=O)O)N1CC(O)CC1=O. The quantitative estimate of drug-likeness (QED) is 0.569. The number of nitrogens with zero attached hydrogens (tertiary/aromatic N) is 1. The molecule has 3 N–H and O–H groups in total. The summed E-state index contributed by atoms with van der Waals surface area (Å²) >= 11 is 0. The molecule has 0 saturated carbocycles. The molecule has 2 atom stereocenters. The predicted octanol–water partition coefficient (Wildman–Crippen LogP) is -0.712. The minimum atomic E-state index is -1.17. The number of likely N-dealkylation sites (tertiary alicyclic amines) is 1. The van der Waals surface area contributed by atoms with Gasteiger partial charge in [-0.05, 0) is 12.8 Å². The van der Waals surface area contributed by atoms with Crippen LogP contribution in [-0.2, 0) is 14.4 Å². The number of carbonyl (C=O) groups is 3. The van der Waals surface area contributed by atoms with Crippen molar-refractivity contribution < 1.29 is 29.7 Å². The first-order valence-electron chi connectivity index (χ1n) is 5.34. The molecule has 17 heavy (non-hydrogen) atoms. The smallest absolute Gasteiger partial charge is 0.326 e. The topological polar surface area (TPSA) is 115 Å². The van der Waals surface area contributed by atoms with E-state index in [2.05, 4.69) is 0 Å². The van der Waals surface area contributed by atoms with Gasteiger partial charge in [-0.3, -0.25) is 9.59 Å². The molecule has 1 amide bonds. The number of aliphatic hydroxyl groups is 1. The molecule has 1 heterocycles. The van der Waals surface area contributed by atoms with Crippen LogP contribution < -0.4 is 0 Å². The Morgan fingerprint density at radius 1 is 1.41 bits per heavy atom. The third kappa shape index (κ3) is 3.70. The van der Waals surface area contributed by atoms with Crippen molar-refractivity contribution in [1.29, 1.82) is 0 Å². The lowest BCUT2D eigenvalue weighted by molar-refractivity contribution is -0.149. The molecule has 1 rings (SSSR count). The zero-order chi connectivity index (χ0) is 13.0. The summed E-state index contributed by atoms with van der Waals surface area (Å²) in [7, 11) is 0. The number of aliphatic carboxylic acids is 2. The van der Waals surface area contributed by atoms with Gasteiger partial charge in [-0.25, -0.2) is 4.79 Å². The fourth-order valence-corrected chi connectivity index (χ4v) is 1.87. The fourth-order valence-electron chi connectivity index (χ4n) is 1.87. The molecule has 1 aliphatic rings. The number of hydrogen-bond acceptors (Lipinski definition) is 4. The highest BCUT2D eigenvalue weighted by Crippen LogP contribution is 2.18. The van der Waals surface area contributed by atoms with Crippen LogP contribution in [0.15, 0.2) is 0 Å². The largest absolute Gasteiger partial charge is 0.481 e. The molecule has 0 bridgehead atoms. The lowest BCUT2D eigenvalue weighted by Gasteiger charge is -2.23. The van der Waals surface area contributed by atoms with Crippen LogP contribution in [0.2, 0.25) is 0 Å². The summed E-state index contributed by atoms with van der Waals surface area (Å²) in [4.78, 5) is 33.8. The van der Waals surface area contributed by atoms with Crippen molar-refractivity contribution in [2.24, 2.45) is 0 Å². The van der Waals surface area contributed by atoms with E-state index in [1.807, 2.05) is 0 Å². The minimum absolute atomic E-state index is 0.00285. The molecule has 2 unspecified atom stereocenters. The monoisotopic (exact) mass is 245 g/mol. The molecule has 1 aliphatic heterocycles. The Kier molecular flexibility index (Phi) is 4.45. The second kappa shape index (κ2) is 5.62. The summed E-state index contributed by atoms with van der Waals surface area (Å²) in [5.74, 6) is -2.57. The number of carboxylic acid groups (broad SMARTS) is 2. The summed E-state index contributed by atoms with van der Waals surface area (Å²) in [5, 5.41) is 26.7. The zero-order valence-corrected chi connectivity index (χ0v) is 9.20. The van der Waals surface area contributed by atoms with E-state index in [1.54, 1.807) is 0 Å². The molecule has 1 saturated heterocycles. The Bertz CT molecular complexity index is 329. The van der Waals surface area contributed by atoms with Crippen LogP contribution in [0.3, 0.4) is 0 Å². The molecule has 0 spiro atoms. The van der Waals surface area contributed by atoms with E-state index in [0.717, 1.165) is 4.90 Å². The molecule has 0 aromatic rings. The predicted molar refractivity (Wildman–Crippen MR) is 55.2 cm³/mol. The Balaban J connectivity index is 2.57. The van der Waals surface area contributed by atoms with Crippen molar-refractivity contribution in [3.8, 4) is 0 Å². The molecule has 0 aromatic carbocycles. The molecule has 0 aromatic heterocycles. The van der Waals surface area contributed by atoms with Crippen molar-refractivity contribution in [2.45, 2.75) is 37.8 Å². The van der Waals surface area contributed by atoms with Gasteiger partial charge < -0.3 is 20.2 Å². The van der Waals surface area contributed by atoms with Gasteiger partial charge in [0, 0.05) is 13.0 Å². The van der Waals surface area contributed by atoms with Gasteiger partial charge in [0.15, 0.2) is 0 Å². The average Bonchev–Trinajstić information content (AvgIpc) is 2.51. The second-order valence-corrected chi connectivity index (χ2v) is 4.04. The van der Waals surface area contributed by atoms with Crippen LogP contribution >= 0.6 is 0 Å². The Labute approximate surface area is 97.6 Å². The van der Waals surface area contributed by atoms with Gasteiger partial charge in [0.2, 0.25) is 5.91 Å². The first-order valence-corrected chi connectivity index (χ1v) is 5.34. The van der Waals surface area contributed by atoms with Gasteiger partial charge in [0.1, 0.15) is 6.04 Å². The number of carboxylic acids is 2. The van der Waals surface area contributed by atoms with Crippen LogP contribution in [0.4, 0.5) is 0 Å². The Morgan fingerprint density at radius 2 is 2.06 bits per heavy atom. The molecule has 0 aliphatic carbocycles. The van der Waals surface area contributed by atoms with E-state index in [9.17, 15) is 19.5 Å². The van der Waals surface area contributed by atoms with E-state index in [-0.39, 0.29) is 32.2 Å². The maximum atomic E-state index is 11.4. The second-order valence-electron chi connectivity index (χ2n) is 4.04. The van der Waals surface area contributed by atoms with Gasteiger partial charge in [-0.2, -0.15) is 0 Å². The number of amides is 1. The fraction of sp³-hybridized carbons (Fsp3) is 0.700. The summed E-state index contributed by atoms with van der Waals surface area (Å²) in [5.41, 5.74) is 0. The summed E-state index contributed by atoms with van der Waals surface area (Å²) in [6, 6.07) is -1.04. The van der Waals surface area contributed by atoms with Crippen molar-refractivity contribution in [1.82, 2.24) is 4.90 Å². The summed E-state index contributed by atoms with van der Waals surface area (Å²) < 4.78 is 0. The zero-order valence-electron chi connectivity index (χ0n) is 9.20. The van der Waals surface area contributed by atoms with Crippen LogP contribution in [-0.4, -0.2) is 56.8 Å². The normalized spacial score (nSPS) is 21.6. The molecule has 7 nitrogen and oxygen atoms in total. The molecule has 96 valence electrons. The Morgan fingerprint density at radius 3 is 2.47 bits per heavy atom. The molecule has 7 heteroatoms. The summed E-state index contributed by atoms with van der Waals surface area (Å²) in [6.07, 6.45) is -0.757. The maximum Gasteiger partial charge on any atom is 0.326 e. The first kappa shape index (κ1) is 13.4. The highest BCUT2D eigenvalue weighted by molar-refractivity contribution is 5.85. The van der Waals surface area contributed by atoms with Crippen molar-refractivity contribution >= 4 is 17.8 Å². The number of β-amino-alcohol motifs (C(OH)–C–C–N with tert-alkyl or cyclic N) is 1. The van der Waals surface area contributed by atoms with Gasteiger partial charge in [-0.15, -0.1) is 0 Å². The Hall–Kier alpha value is -1.63. The highest BCUT2D eigenvalue weighted by Gasteiger charge is 2.36. The van der Waals surface area contributed by atoms with Crippen LogP contribution in [0, 0.1) is 0 Å². The van der Waals surface area contributed by atoms with Crippen molar-refractivity contribution in [2.75, 3.05) is 6.54 Å². The van der Waals surface area contributed by atoms with Crippen molar-refractivity contribution in [3.63, 3.8) is 0 Å². The standard InChI is InChI=1S/C10H15NO6/c12-6-4-8(13)11(5-6)7(10(16)17)2-1-3-9(14)15/h6-7,12H,1-5H2,(H,14,15)(H,16,17). The van der Waals surface area contributed by atoms with Crippen molar-refractivity contribution in [3.05, 3.63) is 0 Å². The van der Waals surface area contributed by atoms with Crippen LogP contribution in [0.25, 0.3) is 0 Å². The van der Waals surface area contributed by atoms with E-state index < -0.39 is 30.0 Å². The van der Waals surface area contributed by atoms with E-state index >= 15 is 0 Å². The van der Waals surface area contributed by atoms with Crippen LogP contribution in [0.5, 0.6) is 0 Å². The number of aliphatic hydroxyl groups excluding tert-OH is 1. The molecular formula is C10H15NO6. The van der Waals surface area contributed by atoms with E-state index in [0.29, 0.717) is 0 Å². The molecular weight excluding hydrogens is 230 g/mol. The maximum absolute atomic E-state index is 11.4. The first-order chi connectivity index (χ1) is 7.91. The minimum Gasteiger partial charge on any atom is -0.481 e. The van der Waals surface area contributed by atoms with Gasteiger partial charge >= 0.3 is 11.9 Å². The number of carbonyl (C=O) groups excluding carboxylic acids is 1. The molecule has 1 fully saturated rings.